The van der Waals surface area contributed by atoms with Crippen molar-refractivity contribution in [1.82, 2.24) is 9.21 Å². The molecule has 2 rings (SSSR count). The fourth-order valence-electron chi connectivity index (χ4n) is 2.39. The van der Waals surface area contributed by atoms with Crippen LogP contribution in [0.1, 0.15) is 12.8 Å². The molecule has 0 N–H and O–H groups in total. The molecule has 22 heavy (non-hydrogen) atoms. The average Bonchev–Trinajstić information content (AvgIpc) is 2.50. The fraction of sp³-hybridized carbons (Fsp3) is 0.500. The number of sulfonamides is 1. The Labute approximate surface area is 128 Å². The molecule has 1 aromatic carbocycles. The molecule has 0 spiro atoms. The Morgan fingerprint density at radius 2 is 1.86 bits per heavy atom. The van der Waals surface area contributed by atoms with Crippen molar-refractivity contribution in [2.24, 2.45) is 0 Å². The van der Waals surface area contributed by atoms with Crippen LogP contribution in [0.2, 0.25) is 0 Å². The lowest BCUT2D eigenvalue weighted by molar-refractivity contribution is 0.187. The van der Waals surface area contributed by atoms with E-state index in [0.717, 1.165) is 25.1 Å². The fourth-order valence-corrected chi connectivity index (χ4v) is 3.89. The third-order valence-corrected chi connectivity index (χ3v) is 5.52. The smallest absolute Gasteiger partial charge is 0.246 e. The van der Waals surface area contributed by atoms with Crippen molar-refractivity contribution < 1.29 is 17.2 Å². The van der Waals surface area contributed by atoms with Crippen LogP contribution in [0, 0.1) is 23.0 Å². The Kier molecular flexibility index (Phi) is 5.45. The second kappa shape index (κ2) is 7.13. The van der Waals surface area contributed by atoms with Crippen LogP contribution in [0.3, 0.4) is 0 Å². The van der Waals surface area contributed by atoms with Crippen molar-refractivity contribution in [3.63, 3.8) is 0 Å². The summed E-state index contributed by atoms with van der Waals surface area (Å²) in [4.78, 5) is 1.44. The zero-order chi connectivity index (χ0) is 16.2. The number of benzene rings is 1. The zero-order valence-corrected chi connectivity index (χ0v) is 12.8. The van der Waals surface area contributed by atoms with Gasteiger partial charge in [-0.15, -0.1) is 0 Å². The summed E-state index contributed by atoms with van der Waals surface area (Å²) >= 11 is 0. The molecule has 0 unspecified atom stereocenters. The Morgan fingerprint density at radius 3 is 2.50 bits per heavy atom. The Bertz CT molecular complexity index is 665. The van der Waals surface area contributed by atoms with E-state index in [-0.39, 0.29) is 13.1 Å². The molecule has 120 valence electrons. The first-order chi connectivity index (χ1) is 10.4. The highest BCUT2D eigenvalue weighted by molar-refractivity contribution is 7.89. The van der Waals surface area contributed by atoms with Crippen molar-refractivity contribution in [1.29, 1.82) is 5.26 Å². The van der Waals surface area contributed by atoms with Crippen LogP contribution in [0.5, 0.6) is 0 Å². The topological polar surface area (TPSA) is 64.4 Å². The van der Waals surface area contributed by atoms with Crippen LogP contribution in [0.25, 0.3) is 0 Å². The first kappa shape index (κ1) is 16.8. The highest BCUT2D eigenvalue weighted by Crippen LogP contribution is 2.21. The summed E-state index contributed by atoms with van der Waals surface area (Å²) < 4.78 is 52.8. The van der Waals surface area contributed by atoms with Gasteiger partial charge in [-0.05, 0) is 31.2 Å². The van der Waals surface area contributed by atoms with Crippen molar-refractivity contribution >= 4 is 10.0 Å². The van der Waals surface area contributed by atoms with Crippen molar-refractivity contribution in [2.75, 3.05) is 32.7 Å². The van der Waals surface area contributed by atoms with Gasteiger partial charge in [0.15, 0.2) is 0 Å². The summed E-state index contributed by atoms with van der Waals surface area (Å²) in [6, 6.07) is 4.49. The van der Waals surface area contributed by atoms with E-state index in [1.807, 2.05) is 0 Å². The summed E-state index contributed by atoms with van der Waals surface area (Å²) in [5.41, 5.74) is 0. The van der Waals surface area contributed by atoms with Gasteiger partial charge >= 0.3 is 0 Å². The normalized spacial score (nSPS) is 17.3. The van der Waals surface area contributed by atoms with E-state index in [9.17, 15) is 17.2 Å². The minimum absolute atomic E-state index is 0.227. The summed E-state index contributed by atoms with van der Waals surface area (Å²) in [7, 11) is -4.02. The maximum absolute atomic E-state index is 13.7. The summed E-state index contributed by atoms with van der Waals surface area (Å²) in [6.07, 6.45) is 1.20. The average molecular weight is 329 g/mol. The van der Waals surface area contributed by atoms with Crippen LogP contribution < -0.4 is 0 Å². The lowest BCUT2D eigenvalue weighted by Crippen LogP contribution is -2.48. The van der Waals surface area contributed by atoms with Gasteiger partial charge in [-0.25, -0.2) is 17.2 Å². The van der Waals surface area contributed by atoms with E-state index >= 15 is 0 Å². The van der Waals surface area contributed by atoms with Gasteiger partial charge < -0.3 is 4.90 Å². The van der Waals surface area contributed by atoms with Crippen LogP contribution in [0.15, 0.2) is 23.1 Å². The van der Waals surface area contributed by atoms with E-state index in [2.05, 4.69) is 11.0 Å². The number of halogens is 2. The minimum Gasteiger partial charge on any atom is -0.301 e. The number of piperazine rings is 1. The number of nitrogens with zero attached hydrogens (tertiary/aromatic N) is 3. The summed E-state index contributed by atoms with van der Waals surface area (Å²) in [5.74, 6) is -1.73. The largest absolute Gasteiger partial charge is 0.301 e. The molecule has 1 aliphatic rings. The van der Waals surface area contributed by atoms with Crippen molar-refractivity contribution in [2.45, 2.75) is 17.7 Å². The molecule has 8 heteroatoms. The molecule has 1 aliphatic heterocycles. The Morgan fingerprint density at radius 1 is 1.18 bits per heavy atom. The van der Waals surface area contributed by atoms with E-state index in [1.165, 1.54) is 4.31 Å². The lowest BCUT2D eigenvalue weighted by Gasteiger charge is -2.33. The number of unbranched alkanes of at least 4 members (excludes halogenated alkanes) is 1. The van der Waals surface area contributed by atoms with Crippen molar-refractivity contribution in [3.8, 4) is 6.07 Å². The minimum atomic E-state index is -4.02. The molecule has 1 heterocycles. The van der Waals surface area contributed by atoms with Gasteiger partial charge in [0.25, 0.3) is 0 Å². The predicted molar refractivity (Wildman–Crippen MR) is 76.4 cm³/mol. The molecule has 5 nitrogen and oxygen atoms in total. The highest BCUT2D eigenvalue weighted by Gasteiger charge is 2.30. The lowest BCUT2D eigenvalue weighted by atomic mass is 10.3. The number of rotatable bonds is 5. The number of hydrogen-bond donors (Lipinski definition) is 0. The quantitative estimate of drug-likeness (QED) is 0.769. The van der Waals surface area contributed by atoms with Crippen LogP contribution >= 0.6 is 0 Å². The molecule has 0 atom stereocenters. The third-order valence-electron chi connectivity index (χ3n) is 3.61. The van der Waals surface area contributed by atoms with Gasteiger partial charge in [0.1, 0.15) is 16.5 Å². The van der Waals surface area contributed by atoms with Crippen LogP contribution in [0.4, 0.5) is 8.78 Å². The summed E-state index contributed by atoms with van der Waals surface area (Å²) in [5, 5.41) is 8.50. The first-order valence-electron chi connectivity index (χ1n) is 6.99. The molecule has 1 fully saturated rings. The van der Waals surface area contributed by atoms with E-state index in [1.54, 1.807) is 0 Å². The van der Waals surface area contributed by atoms with Gasteiger partial charge in [0, 0.05) is 32.6 Å². The van der Waals surface area contributed by atoms with Gasteiger partial charge in [-0.2, -0.15) is 9.57 Å². The van der Waals surface area contributed by atoms with Gasteiger partial charge in [0.2, 0.25) is 10.0 Å². The van der Waals surface area contributed by atoms with E-state index < -0.39 is 26.6 Å². The molecular formula is C14H17F2N3O2S. The number of hydrogen-bond acceptors (Lipinski definition) is 4. The maximum atomic E-state index is 13.7. The van der Waals surface area contributed by atoms with Crippen LogP contribution in [-0.4, -0.2) is 50.3 Å². The second-order valence-electron chi connectivity index (χ2n) is 5.08. The third kappa shape index (κ3) is 3.80. The van der Waals surface area contributed by atoms with Gasteiger partial charge in [-0.3, -0.25) is 0 Å². The highest BCUT2D eigenvalue weighted by atomic mass is 32.2. The molecule has 1 saturated heterocycles. The SMILES string of the molecule is N#CCCCN1CCN(S(=O)(=O)c2cc(F)ccc2F)CC1. The Hall–Kier alpha value is -1.56. The predicted octanol–water partition coefficient (Wildman–Crippen LogP) is 1.57. The van der Waals surface area contributed by atoms with Gasteiger partial charge in [0.05, 0.1) is 6.07 Å². The molecule has 0 aliphatic carbocycles. The molecule has 0 aromatic heterocycles. The van der Waals surface area contributed by atoms with Gasteiger partial charge in [-0.1, -0.05) is 0 Å². The molecule has 1 aromatic rings. The first-order valence-corrected chi connectivity index (χ1v) is 8.43. The maximum Gasteiger partial charge on any atom is 0.246 e. The molecule has 0 amide bonds. The molecule has 0 radical (unpaired) electrons. The van der Waals surface area contributed by atoms with Crippen molar-refractivity contribution in [3.05, 3.63) is 29.8 Å². The van der Waals surface area contributed by atoms with Crippen LogP contribution in [-0.2, 0) is 10.0 Å². The number of nitriles is 1. The van der Waals surface area contributed by atoms with E-state index in [4.69, 9.17) is 5.26 Å². The standard InChI is InChI=1S/C14H17F2N3O2S/c15-12-3-4-13(16)14(11-12)22(20,21)19-9-7-18(8-10-19)6-2-1-5-17/h3-4,11H,1-2,6-10H2. The summed E-state index contributed by atoms with van der Waals surface area (Å²) in [6.45, 7) is 2.22. The monoisotopic (exact) mass is 329 g/mol. The zero-order valence-electron chi connectivity index (χ0n) is 12.0. The Balaban J connectivity index is 2.04. The van der Waals surface area contributed by atoms with E-state index in [0.29, 0.717) is 25.6 Å². The second-order valence-corrected chi connectivity index (χ2v) is 6.99. The molecular weight excluding hydrogens is 312 g/mol. The molecule has 0 bridgehead atoms. The molecule has 0 saturated carbocycles.